The minimum Gasteiger partial charge on any atom is -0.497 e. The molecule has 0 aliphatic carbocycles. The molecule has 0 aromatic heterocycles. The summed E-state index contributed by atoms with van der Waals surface area (Å²) in [6.07, 6.45) is 4.09. The highest BCUT2D eigenvalue weighted by Gasteiger charge is 2.23. The van der Waals surface area contributed by atoms with Gasteiger partial charge in [-0.05, 0) is 73.2 Å². The van der Waals surface area contributed by atoms with Gasteiger partial charge in [-0.3, -0.25) is 9.59 Å². The number of thioether (sulfide) groups is 1. The summed E-state index contributed by atoms with van der Waals surface area (Å²) in [4.78, 5) is 29.3. The molecule has 0 bridgehead atoms. The molecule has 0 spiro atoms. The van der Waals surface area contributed by atoms with E-state index >= 15 is 0 Å². The van der Waals surface area contributed by atoms with Gasteiger partial charge in [-0.25, -0.2) is 0 Å². The molecule has 0 saturated carbocycles. The summed E-state index contributed by atoms with van der Waals surface area (Å²) in [6.45, 7) is 8.58. The Balaban J connectivity index is 1.32. The third kappa shape index (κ3) is 6.21. The summed E-state index contributed by atoms with van der Waals surface area (Å²) in [5, 5.41) is 5.95. The first-order valence-corrected chi connectivity index (χ1v) is 12.7. The zero-order valence-corrected chi connectivity index (χ0v) is 20.9. The largest absolute Gasteiger partial charge is 0.497 e. The van der Waals surface area contributed by atoms with E-state index in [1.807, 2.05) is 42.5 Å². The highest BCUT2D eigenvalue weighted by atomic mass is 32.2. The van der Waals surface area contributed by atoms with Crippen molar-refractivity contribution in [2.45, 2.75) is 31.6 Å². The van der Waals surface area contributed by atoms with Crippen molar-refractivity contribution in [3.63, 3.8) is 0 Å². The predicted octanol–water partition coefficient (Wildman–Crippen LogP) is 4.88. The van der Waals surface area contributed by atoms with Crippen molar-refractivity contribution in [1.82, 2.24) is 10.2 Å². The quantitative estimate of drug-likeness (QED) is 0.438. The molecule has 1 fully saturated rings. The van der Waals surface area contributed by atoms with Crippen LogP contribution in [0.3, 0.4) is 0 Å². The van der Waals surface area contributed by atoms with Crippen LogP contribution in [-0.4, -0.2) is 50.0 Å². The Morgan fingerprint density at radius 1 is 1.18 bits per heavy atom. The van der Waals surface area contributed by atoms with Gasteiger partial charge in [0, 0.05) is 30.1 Å². The molecule has 7 heteroatoms. The number of nitrogens with zero attached hydrogens (tertiary/aromatic N) is 1. The minimum atomic E-state index is -0.170. The third-order valence-electron chi connectivity index (χ3n) is 6.23. The smallest absolute Gasteiger partial charge is 0.262 e. The molecule has 2 aliphatic rings. The fraction of sp³-hybridized carbons (Fsp3) is 0.407. The van der Waals surface area contributed by atoms with Gasteiger partial charge in [0.1, 0.15) is 5.75 Å². The number of methoxy groups -OCH3 is 1. The summed E-state index contributed by atoms with van der Waals surface area (Å²) in [7, 11) is 1.62. The van der Waals surface area contributed by atoms with Crippen LogP contribution in [0.4, 0.5) is 5.69 Å². The fourth-order valence-corrected chi connectivity index (χ4v) is 5.67. The molecule has 4 rings (SSSR count). The molecule has 1 saturated heterocycles. The van der Waals surface area contributed by atoms with Crippen molar-refractivity contribution in [3.05, 3.63) is 58.5 Å². The molecule has 0 radical (unpaired) electrons. The Morgan fingerprint density at radius 3 is 2.62 bits per heavy atom. The van der Waals surface area contributed by atoms with Gasteiger partial charge in [-0.15, -0.1) is 0 Å². The zero-order valence-electron chi connectivity index (χ0n) is 20.1. The van der Waals surface area contributed by atoms with Crippen LogP contribution in [0.25, 0.3) is 6.08 Å². The van der Waals surface area contributed by atoms with Crippen molar-refractivity contribution < 1.29 is 14.3 Å². The lowest BCUT2D eigenvalue weighted by Crippen LogP contribution is -2.40. The number of hydrogen-bond acceptors (Lipinski definition) is 5. The van der Waals surface area contributed by atoms with Gasteiger partial charge in [0.15, 0.2) is 0 Å². The number of benzene rings is 2. The van der Waals surface area contributed by atoms with Crippen LogP contribution in [0.1, 0.15) is 42.6 Å². The zero-order chi connectivity index (χ0) is 24.1. The summed E-state index contributed by atoms with van der Waals surface area (Å²) in [5.74, 6) is 1.98. The molecule has 2 atom stereocenters. The molecule has 2 aliphatic heterocycles. The lowest BCUT2D eigenvalue weighted by atomic mass is 9.92. The molecule has 2 aromatic carbocycles. The molecule has 6 nitrogen and oxygen atoms in total. The second-order valence-corrected chi connectivity index (χ2v) is 10.4. The van der Waals surface area contributed by atoms with Gasteiger partial charge >= 0.3 is 0 Å². The average molecular weight is 480 g/mol. The Kier molecular flexibility index (Phi) is 7.95. The average Bonchev–Trinajstić information content (AvgIpc) is 2.82. The fourth-order valence-electron chi connectivity index (χ4n) is 4.73. The van der Waals surface area contributed by atoms with E-state index in [9.17, 15) is 9.59 Å². The molecule has 2 unspecified atom stereocenters. The van der Waals surface area contributed by atoms with E-state index in [1.165, 1.54) is 18.2 Å². The number of ether oxygens (including phenoxy) is 1. The summed E-state index contributed by atoms with van der Waals surface area (Å²) >= 11 is 1.41. The SMILES string of the molecule is COc1ccc(C=C2Sc3ccc(C(=O)NCCCN4CC(C)CC(C)C4)cc3NC2=O)cc1. The molecule has 2 N–H and O–H groups in total. The monoisotopic (exact) mass is 479 g/mol. The predicted molar refractivity (Wildman–Crippen MR) is 138 cm³/mol. The molecule has 2 aromatic rings. The van der Waals surface area contributed by atoms with Crippen LogP contribution in [0, 0.1) is 11.8 Å². The van der Waals surface area contributed by atoms with Crippen LogP contribution in [0.2, 0.25) is 0 Å². The highest BCUT2D eigenvalue weighted by molar-refractivity contribution is 8.04. The van der Waals surface area contributed by atoms with Gasteiger partial charge < -0.3 is 20.3 Å². The lowest BCUT2D eigenvalue weighted by Gasteiger charge is -2.34. The van der Waals surface area contributed by atoms with Gasteiger partial charge in [0.2, 0.25) is 0 Å². The molecular weight excluding hydrogens is 446 g/mol. The Bertz CT molecular complexity index is 1060. The molecule has 2 amide bonds. The second-order valence-electron chi connectivity index (χ2n) is 9.36. The standard InChI is InChI=1S/C27H33N3O3S/c1-18-13-19(2)17-30(16-18)12-4-11-28-26(31)21-7-10-24-23(15-21)29-27(32)25(34-24)14-20-5-8-22(33-3)9-6-20/h5-10,14-15,18-19H,4,11-13,16-17H2,1-3H3,(H,28,31)(H,29,32). The van der Waals surface area contributed by atoms with Gasteiger partial charge in [-0.1, -0.05) is 37.7 Å². The number of carbonyl (C=O) groups is 2. The Morgan fingerprint density at radius 2 is 1.91 bits per heavy atom. The number of hydrogen-bond donors (Lipinski definition) is 2. The molecular formula is C27H33N3O3S. The number of nitrogens with one attached hydrogen (secondary N) is 2. The first-order chi connectivity index (χ1) is 16.4. The van der Waals surface area contributed by atoms with Crippen molar-refractivity contribution in [2.24, 2.45) is 11.8 Å². The second kappa shape index (κ2) is 11.1. The van der Waals surface area contributed by atoms with E-state index in [1.54, 1.807) is 13.2 Å². The first kappa shape index (κ1) is 24.4. The Hall–Kier alpha value is -2.77. The van der Waals surface area contributed by atoms with E-state index in [2.05, 4.69) is 29.4 Å². The summed E-state index contributed by atoms with van der Waals surface area (Å²) < 4.78 is 5.18. The Labute approximate surface area is 206 Å². The molecule has 180 valence electrons. The number of fused-ring (bicyclic) bond motifs is 1. The number of carbonyl (C=O) groups excluding carboxylic acids is 2. The summed E-state index contributed by atoms with van der Waals surface area (Å²) in [6, 6.07) is 13.0. The van der Waals surface area contributed by atoms with Crippen molar-refractivity contribution in [3.8, 4) is 5.75 Å². The number of anilines is 1. The van der Waals surface area contributed by atoms with Gasteiger partial charge in [0.25, 0.3) is 11.8 Å². The topological polar surface area (TPSA) is 70.7 Å². The maximum absolute atomic E-state index is 12.7. The van der Waals surface area contributed by atoms with Crippen LogP contribution in [0.15, 0.2) is 52.3 Å². The van der Waals surface area contributed by atoms with E-state index in [0.29, 0.717) is 22.7 Å². The summed E-state index contributed by atoms with van der Waals surface area (Å²) in [5.41, 5.74) is 2.15. The maximum atomic E-state index is 12.7. The van der Waals surface area contributed by atoms with Crippen LogP contribution < -0.4 is 15.4 Å². The number of rotatable bonds is 7. The first-order valence-electron chi connectivity index (χ1n) is 11.9. The number of piperidine rings is 1. The van der Waals surface area contributed by atoms with E-state index < -0.39 is 0 Å². The van der Waals surface area contributed by atoms with Gasteiger partial charge in [-0.2, -0.15) is 0 Å². The van der Waals surface area contributed by atoms with Crippen LogP contribution >= 0.6 is 11.8 Å². The normalized spacial score (nSPS) is 21.6. The van der Waals surface area contributed by atoms with Crippen molar-refractivity contribution >= 4 is 35.3 Å². The van der Waals surface area contributed by atoms with E-state index in [4.69, 9.17) is 4.74 Å². The third-order valence-corrected chi connectivity index (χ3v) is 7.33. The molecule has 34 heavy (non-hydrogen) atoms. The van der Waals surface area contributed by atoms with E-state index in [0.717, 1.165) is 54.1 Å². The molecule has 2 heterocycles. The van der Waals surface area contributed by atoms with Gasteiger partial charge in [0.05, 0.1) is 17.7 Å². The van der Waals surface area contributed by atoms with E-state index in [-0.39, 0.29) is 11.8 Å². The van der Waals surface area contributed by atoms with Crippen LogP contribution in [-0.2, 0) is 4.79 Å². The maximum Gasteiger partial charge on any atom is 0.262 e. The van der Waals surface area contributed by atoms with Crippen molar-refractivity contribution in [2.75, 3.05) is 38.6 Å². The number of likely N-dealkylation sites (tertiary alicyclic amines) is 1. The van der Waals surface area contributed by atoms with Crippen LogP contribution in [0.5, 0.6) is 5.75 Å². The minimum absolute atomic E-state index is 0.109. The van der Waals surface area contributed by atoms with Crippen molar-refractivity contribution in [1.29, 1.82) is 0 Å². The number of amides is 2. The highest BCUT2D eigenvalue weighted by Crippen LogP contribution is 2.39. The lowest BCUT2D eigenvalue weighted by molar-refractivity contribution is -0.112.